The third-order valence-corrected chi connectivity index (χ3v) is 10.3. The Labute approximate surface area is 229 Å². The number of anilines is 1. The summed E-state index contributed by atoms with van der Waals surface area (Å²) in [6.07, 6.45) is 5.58. The van der Waals surface area contributed by atoms with Crippen LogP contribution in [-0.2, 0) is 16.7 Å². The molecule has 0 unspecified atom stereocenters. The average Bonchev–Trinajstić information content (AvgIpc) is 3.57. The van der Waals surface area contributed by atoms with Crippen LogP contribution < -0.4 is 14.2 Å². The van der Waals surface area contributed by atoms with Gasteiger partial charge in [-0.15, -0.1) is 11.3 Å². The first-order chi connectivity index (χ1) is 17.8. The molecule has 6 nitrogen and oxygen atoms in total. The minimum atomic E-state index is -4.26. The van der Waals surface area contributed by atoms with Gasteiger partial charge in [0.15, 0.2) is 6.54 Å². The zero-order valence-electron chi connectivity index (χ0n) is 20.9. The normalized spacial score (nSPS) is 15.3. The minimum Gasteiger partial charge on any atom is -0.748 e. The maximum absolute atomic E-state index is 11.3. The Morgan fingerprint density at radius 1 is 1.16 bits per heavy atom. The van der Waals surface area contributed by atoms with E-state index in [9.17, 15) is 13.0 Å². The van der Waals surface area contributed by atoms with Crippen LogP contribution >= 0.6 is 34.4 Å². The standard InChI is InChI=1S/C27H28N2O4S4/c1-4-18(15-25-28(5-2)21-17-19(33-3)7-8-23(21)35-25)16-26-29(12-6-14-37(30,31)32)27-20-11-13-34-22(20)9-10-24(27)36-26/h7-11,13,15-17H,4-6,12,14H2,1-3H3. The van der Waals surface area contributed by atoms with E-state index in [0.29, 0.717) is 6.54 Å². The number of thiazole rings is 1. The highest BCUT2D eigenvalue weighted by molar-refractivity contribution is 8.03. The number of thiophene rings is 1. The van der Waals surface area contributed by atoms with Crippen LogP contribution in [0, 0.1) is 0 Å². The Morgan fingerprint density at radius 3 is 2.70 bits per heavy atom. The van der Waals surface area contributed by atoms with Gasteiger partial charge in [0, 0.05) is 40.5 Å². The van der Waals surface area contributed by atoms with Gasteiger partial charge >= 0.3 is 0 Å². The number of methoxy groups -OCH3 is 1. The maximum atomic E-state index is 11.3. The second kappa shape index (κ2) is 10.8. The van der Waals surface area contributed by atoms with Crippen molar-refractivity contribution in [2.24, 2.45) is 0 Å². The lowest BCUT2D eigenvalue weighted by Crippen LogP contribution is -2.36. The minimum absolute atomic E-state index is 0.281. The summed E-state index contributed by atoms with van der Waals surface area (Å²) in [7, 11) is -2.57. The number of rotatable bonds is 9. The van der Waals surface area contributed by atoms with E-state index in [1.54, 1.807) is 41.5 Å². The van der Waals surface area contributed by atoms with Gasteiger partial charge < -0.3 is 14.2 Å². The number of allylic oxidation sites excluding steroid dienone is 2. The van der Waals surface area contributed by atoms with Crippen LogP contribution in [0.25, 0.3) is 26.4 Å². The third kappa shape index (κ3) is 5.44. The summed E-state index contributed by atoms with van der Waals surface area (Å²) in [4.78, 5) is 3.51. The molecule has 2 aromatic heterocycles. The van der Waals surface area contributed by atoms with Crippen molar-refractivity contribution in [3.05, 3.63) is 63.5 Å². The highest BCUT2D eigenvalue weighted by atomic mass is 32.2. The van der Waals surface area contributed by atoms with Gasteiger partial charge in [0.25, 0.3) is 5.01 Å². The summed E-state index contributed by atoms with van der Waals surface area (Å²) in [5, 5.41) is 5.46. The Kier molecular flexibility index (Phi) is 7.65. The highest BCUT2D eigenvalue weighted by Crippen LogP contribution is 2.47. The van der Waals surface area contributed by atoms with Crippen LogP contribution in [0.15, 0.2) is 63.4 Å². The quantitative estimate of drug-likeness (QED) is 0.166. The molecule has 0 saturated carbocycles. The van der Waals surface area contributed by atoms with Crippen molar-refractivity contribution < 1.29 is 22.3 Å². The molecule has 0 aliphatic carbocycles. The maximum Gasteiger partial charge on any atom is 0.263 e. The summed E-state index contributed by atoms with van der Waals surface area (Å²) < 4.78 is 43.9. The summed E-state index contributed by atoms with van der Waals surface area (Å²) >= 11 is 5.15. The van der Waals surface area contributed by atoms with Gasteiger partial charge in [-0.1, -0.05) is 30.0 Å². The highest BCUT2D eigenvalue weighted by Gasteiger charge is 2.26. The number of hydrogen-bond acceptors (Lipinski definition) is 8. The number of thioether (sulfide) groups is 1. The van der Waals surface area contributed by atoms with Crippen molar-refractivity contribution >= 4 is 76.6 Å². The number of aryl methyl sites for hydroxylation is 1. The smallest absolute Gasteiger partial charge is 0.263 e. The Morgan fingerprint density at radius 2 is 1.97 bits per heavy atom. The number of benzene rings is 2. The summed E-state index contributed by atoms with van der Waals surface area (Å²) in [6, 6.07) is 12.6. The number of fused-ring (bicyclic) bond motifs is 4. The lowest BCUT2D eigenvalue weighted by molar-refractivity contribution is -0.667. The third-order valence-electron chi connectivity index (χ3n) is 6.38. The van der Waals surface area contributed by atoms with E-state index in [4.69, 9.17) is 4.74 Å². The molecule has 0 atom stereocenters. The van der Waals surface area contributed by atoms with E-state index in [1.165, 1.54) is 20.2 Å². The van der Waals surface area contributed by atoms with Crippen molar-refractivity contribution in [2.45, 2.75) is 38.1 Å². The molecule has 2 aromatic carbocycles. The number of aromatic nitrogens is 1. The Balaban J connectivity index is 1.56. The molecular formula is C27H28N2O4S4. The molecule has 37 heavy (non-hydrogen) atoms. The number of hydrogen-bond donors (Lipinski definition) is 0. The van der Waals surface area contributed by atoms with E-state index in [0.717, 1.165) is 45.0 Å². The SMILES string of the molecule is CCC(=Cc1sc2ccc3sccc3c2[n+]1CCCS(=O)(=O)[O-])C=C1Sc2ccc(OC)cc2N1CC. The van der Waals surface area contributed by atoms with Gasteiger partial charge in [-0.05, 0) is 60.7 Å². The van der Waals surface area contributed by atoms with Crippen LogP contribution in [0.3, 0.4) is 0 Å². The Bertz CT molecular complexity index is 1630. The van der Waals surface area contributed by atoms with Crippen molar-refractivity contribution in [2.75, 3.05) is 24.3 Å². The molecule has 0 fully saturated rings. The molecule has 1 aliphatic heterocycles. The fourth-order valence-electron chi connectivity index (χ4n) is 4.58. The van der Waals surface area contributed by atoms with Crippen LogP contribution in [0.1, 0.15) is 31.7 Å². The summed E-state index contributed by atoms with van der Waals surface area (Å²) in [5.74, 6) is 0.477. The first-order valence-electron chi connectivity index (χ1n) is 12.1. The van der Waals surface area contributed by atoms with Gasteiger partial charge in [-0.3, -0.25) is 0 Å². The molecule has 0 saturated heterocycles. The van der Waals surface area contributed by atoms with Crippen molar-refractivity contribution in [3.63, 3.8) is 0 Å². The first-order valence-corrected chi connectivity index (χ1v) is 16.2. The van der Waals surface area contributed by atoms with Crippen LogP contribution in [0.4, 0.5) is 5.69 Å². The van der Waals surface area contributed by atoms with Crippen molar-refractivity contribution in [1.29, 1.82) is 0 Å². The van der Waals surface area contributed by atoms with Crippen LogP contribution in [-0.4, -0.2) is 32.4 Å². The molecule has 0 radical (unpaired) electrons. The van der Waals surface area contributed by atoms with Gasteiger partial charge in [-0.2, -0.15) is 4.57 Å². The molecule has 0 spiro atoms. The molecule has 194 valence electrons. The molecule has 3 heterocycles. The van der Waals surface area contributed by atoms with Gasteiger partial charge in [0.2, 0.25) is 5.52 Å². The Hall–Kier alpha value is -2.37. The summed E-state index contributed by atoms with van der Waals surface area (Å²) in [5.41, 5.74) is 3.44. The monoisotopic (exact) mass is 572 g/mol. The largest absolute Gasteiger partial charge is 0.748 e. The predicted molar refractivity (Wildman–Crippen MR) is 155 cm³/mol. The molecule has 5 rings (SSSR count). The lowest BCUT2D eigenvalue weighted by Gasteiger charge is -2.18. The van der Waals surface area contributed by atoms with Gasteiger partial charge in [0.1, 0.15) is 10.4 Å². The fraction of sp³-hybridized carbons (Fsp3) is 0.296. The van der Waals surface area contributed by atoms with E-state index >= 15 is 0 Å². The first kappa shape index (κ1) is 26.2. The molecule has 4 aromatic rings. The lowest BCUT2D eigenvalue weighted by atomic mass is 10.2. The molecule has 10 heteroatoms. The van der Waals surface area contributed by atoms with Gasteiger partial charge in [0.05, 0.1) is 33.3 Å². The van der Waals surface area contributed by atoms with Gasteiger partial charge in [-0.25, -0.2) is 8.42 Å². The molecule has 0 amide bonds. The second-order valence-electron chi connectivity index (χ2n) is 8.69. The molecule has 0 N–H and O–H groups in total. The van der Waals surface area contributed by atoms with E-state index in [2.05, 4.69) is 71.2 Å². The zero-order chi connectivity index (χ0) is 26.2. The van der Waals surface area contributed by atoms with Crippen molar-refractivity contribution in [3.8, 4) is 5.75 Å². The van der Waals surface area contributed by atoms with Crippen LogP contribution in [0.2, 0.25) is 0 Å². The predicted octanol–water partition coefficient (Wildman–Crippen LogP) is 6.61. The molecular weight excluding hydrogens is 545 g/mol. The van der Waals surface area contributed by atoms with E-state index in [-0.39, 0.29) is 12.2 Å². The van der Waals surface area contributed by atoms with Crippen molar-refractivity contribution in [1.82, 2.24) is 0 Å². The fourth-order valence-corrected chi connectivity index (χ4v) is 8.22. The molecule has 1 aliphatic rings. The number of nitrogens with zero attached hydrogens (tertiary/aromatic N) is 2. The van der Waals surface area contributed by atoms with Crippen LogP contribution in [0.5, 0.6) is 5.75 Å². The number of ether oxygens (including phenoxy) is 1. The zero-order valence-corrected chi connectivity index (χ0v) is 24.2. The second-order valence-corrected chi connectivity index (χ2v) is 13.3. The van der Waals surface area contributed by atoms with E-state index in [1.807, 2.05) is 6.07 Å². The topological polar surface area (TPSA) is 73.5 Å². The summed E-state index contributed by atoms with van der Waals surface area (Å²) in [6.45, 7) is 5.61. The average molecular weight is 573 g/mol. The van der Waals surface area contributed by atoms with E-state index < -0.39 is 10.1 Å². The molecule has 0 bridgehead atoms.